The molecule has 1 saturated carbocycles. The van der Waals surface area contributed by atoms with E-state index in [2.05, 4.69) is 0 Å². The number of benzene rings is 4. The molecule has 4 aromatic rings. The molecule has 2 saturated heterocycles. The van der Waals surface area contributed by atoms with E-state index in [1.54, 1.807) is 91.9 Å². The zero-order valence-electron chi connectivity index (χ0n) is 27.5. The Morgan fingerprint density at radius 1 is 0.760 bits per heavy atom. The van der Waals surface area contributed by atoms with E-state index in [9.17, 15) is 29.1 Å². The topological polar surface area (TPSA) is 121 Å². The molecule has 4 aliphatic rings. The molecule has 9 nitrogen and oxygen atoms in total. The van der Waals surface area contributed by atoms with E-state index in [0.29, 0.717) is 33.8 Å². The van der Waals surface area contributed by atoms with Crippen molar-refractivity contribution in [3.05, 3.63) is 131 Å². The first-order chi connectivity index (χ1) is 24.1. The molecule has 4 aromatic carbocycles. The third-order valence-electron chi connectivity index (χ3n) is 11.3. The smallest absolute Gasteiger partial charge is 0.241 e. The number of rotatable bonds is 6. The number of hydrogen-bond donors (Lipinski definition) is 1. The summed E-state index contributed by atoms with van der Waals surface area (Å²) >= 11 is 0. The number of amides is 4. The number of aromatic hydroxyl groups is 1. The molecule has 0 aromatic heterocycles. The highest BCUT2D eigenvalue weighted by molar-refractivity contribution is 6.25. The van der Waals surface area contributed by atoms with E-state index in [-0.39, 0.29) is 48.0 Å². The molecule has 250 valence electrons. The highest BCUT2D eigenvalue weighted by Gasteiger charge is 2.68. The molecule has 2 aliphatic heterocycles. The van der Waals surface area contributed by atoms with Crippen LogP contribution in [0.3, 0.4) is 0 Å². The maximum absolute atomic E-state index is 14.6. The second-order valence-corrected chi connectivity index (χ2v) is 13.7. The largest absolute Gasteiger partial charge is 0.508 e. The average molecular weight is 667 g/mol. The van der Waals surface area contributed by atoms with Crippen LogP contribution in [0.4, 0.5) is 11.4 Å². The lowest BCUT2D eigenvalue weighted by Crippen LogP contribution is -2.48. The Kier molecular flexibility index (Phi) is 7.33. The van der Waals surface area contributed by atoms with Crippen LogP contribution in [-0.2, 0) is 19.2 Å². The fourth-order valence-electron chi connectivity index (χ4n) is 8.85. The second kappa shape index (κ2) is 11.7. The second-order valence-electron chi connectivity index (χ2n) is 13.7. The first-order valence-electron chi connectivity index (χ1n) is 16.7. The predicted molar refractivity (Wildman–Crippen MR) is 185 cm³/mol. The number of fused-ring (bicyclic) bond motifs is 4. The Morgan fingerprint density at radius 3 is 2.08 bits per heavy atom. The van der Waals surface area contributed by atoms with Gasteiger partial charge in [-0.1, -0.05) is 60.2 Å². The highest BCUT2D eigenvalue weighted by Crippen LogP contribution is 2.64. The quantitative estimate of drug-likeness (QED) is 0.151. The van der Waals surface area contributed by atoms with Crippen LogP contribution < -0.4 is 14.5 Å². The van der Waals surface area contributed by atoms with E-state index in [1.165, 1.54) is 23.0 Å². The van der Waals surface area contributed by atoms with Crippen molar-refractivity contribution < 1.29 is 33.8 Å². The van der Waals surface area contributed by atoms with E-state index < -0.39 is 35.0 Å². The Labute approximate surface area is 288 Å². The fraction of sp³-hybridized carbons (Fsp3) is 0.244. The summed E-state index contributed by atoms with van der Waals surface area (Å²) in [7, 11) is 1.51. The van der Waals surface area contributed by atoms with Gasteiger partial charge in [0.1, 0.15) is 11.5 Å². The zero-order chi connectivity index (χ0) is 34.9. The molecule has 0 radical (unpaired) electrons. The number of phenolic OH excluding ortho intramolecular Hbond substituents is 1. The van der Waals surface area contributed by atoms with Gasteiger partial charge in [0, 0.05) is 22.6 Å². The number of para-hydroxylation sites is 1. The summed E-state index contributed by atoms with van der Waals surface area (Å²) in [4.78, 5) is 72.8. The molecule has 2 heterocycles. The van der Waals surface area contributed by atoms with Gasteiger partial charge >= 0.3 is 0 Å². The number of methoxy groups -OCH3 is 1. The van der Waals surface area contributed by atoms with Crippen LogP contribution in [0.1, 0.15) is 47.2 Å². The molecule has 9 heteroatoms. The van der Waals surface area contributed by atoms with Gasteiger partial charge in [-0.05, 0) is 80.3 Å². The van der Waals surface area contributed by atoms with Crippen molar-refractivity contribution in [3.63, 3.8) is 0 Å². The lowest BCUT2D eigenvalue weighted by molar-refractivity contribution is -0.131. The molecule has 50 heavy (non-hydrogen) atoms. The number of allylic oxidation sites excluding steroid dienone is 2. The summed E-state index contributed by atoms with van der Waals surface area (Å²) < 4.78 is 5.51. The number of carbonyl (C=O) groups is 5. The van der Waals surface area contributed by atoms with Gasteiger partial charge in [-0.3, -0.25) is 28.9 Å². The van der Waals surface area contributed by atoms with Gasteiger partial charge in [0.2, 0.25) is 23.6 Å². The lowest BCUT2D eigenvalue weighted by atomic mass is 9.51. The predicted octanol–water partition coefficient (Wildman–Crippen LogP) is 6.07. The van der Waals surface area contributed by atoms with Crippen LogP contribution in [0.5, 0.6) is 11.5 Å². The Morgan fingerprint density at radius 2 is 1.40 bits per heavy atom. The van der Waals surface area contributed by atoms with Gasteiger partial charge in [-0.15, -0.1) is 0 Å². The molecule has 3 fully saturated rings. The maximum atomic E-state index is 14.6. The third-order valence-corrected chi connectivity index (χ3v) is 11.3. The van der Waals surface area contributed by atoms with Gasteiger partial charge in [0.05, 0.1) is 41.7 Å². The van der Waals surface area contributed by atoms with Crippen LogP contribution in [0, 0.1) is 29.1 Å². The van der Waals surface area contributed by atoms with Crippen LogP contribution in [0.2, 0.25) is 0 Å². The van der Waals surface area contributed by atoms with Crippen LogP contribution >= 0.6 is 0 Å². The first-order valence-corrected chi connectivity index (χ1v) is 16.7. The van der Waals surface area contributed by atoms with Crippen molar-refractivity contribution in [2.45, 2.75) is 25.7 Å². The van der Waals surface area contributed by atoms with Gasteiger partial charge in [-0.2, -0.15) is 0 Å². The fourth-order valence-corrected chi connectivity index (χ4v) is 8.85. The first kappa shape index (κ1) is 31.4. The van der Waals surface area contributed by atoms with Crippen molar-refractivity contribution in [2.75, 3.05) is 16.9 Å². The molecule has 0 spiro atoms. The normalized spacial score (nSPS) is 27.1. The van der Waals surface area contributed by atoms with Crippen molar-refractivity contribution >= 4 is 40.8 Å². The van der Waals surface area contributed by atoms with Gasteiger partial charge in [0.15, 0.2) is 5.78 Å². The minimum absolute atomic E-state index is 0.0570. The van der Waals surface area contributed by atoms with Gasteiger partial charge in [0.25, 0.3) is 0 Å². The van der Waals surface area contributed by atoms with Gasteiger partial charge < -0.3 is 9.84 Å². The number of carbonyl (C=O) groups excluding carboxylic acids is 5. The summed E-state index contributed by atoms with van der Waals surface area (Å²) in [6.07, 6.45) is 2.39. The van der Waals surface area contributed by atoms with E-state index >= 15 is 0 Å². The van der Waals surface area contributed by atoms with Crippen molar-refractivity contribution in [2.24, 2.45) is 29.1 Å². The summed E-state index contributed by atoms with van der Waals surface area (Å²) in [6, 6.07) is 28.9. The molecule has 2 aliphatic carbocycles. The summed E-state index contributed by atoms with van der Waals surface area (Å²) in [5, 5.41) is 11.3. The SMILES string of the molecule is COc1ccc(O)c(C2C3=CCC4C(=O)N(c5ccc(C(=O)c6ccccc6)cc5)C(=O)C4C3CC3C(=O)N(c4ccccc4)C(=O)C32C)c1. The van der Waals surface area contributed by atoms with Crippen LogP contribution in [0.25, 0.3) is 0 Å². The number of imide groups is 2. The molecule has 1 N–H and O–H groups in total. The number of ether oxygens (including phenoxy) is 1. The molecular weight excluding hydrogens is 632 g/mol. The standard InChI is InChI=1S/C41H34N2O7/c1-41-32(38(47)43(40(41)49)25-11-7-4-8-12-25)22-30-28(35(41)31-21-27(50-2)17-20-33(31)44)18-19-29-34(30)39(48)42(37(29)46)26-15-13-24(14-16-26)36(45)23-9-5-3-6-10-23/h3-18,20-21,29-30,32,34-35,44H,19,22H2,1-2H3. The number of phenols is 1. The highest BCUT2D eigenvalue weighted by atomic mass is 16.5. The molecule has 6 atom stereocenters. The van der Waals surface area contributed by atoms with E-state index in [4.69, 9.17) is 4.74 Å². The lowest BCUT2D eigenvalue weighted by Gasteiger charge is -2.49. The van der Waals surface area contributed by atoms with Crippen molar-refractivity contribution in [1.29, 1.82) is 0 Å². The van der Waals surface area contributed by atoms with E-state index in [1.807, 2.05) is 18.2 Å². The molecular formula is C41H34N2O7. The molecule has 4 amide bonds. The zero-order valence-corrected chi connectivity index (χ0v) is 27.5. The average Bonchev–Trinajstić information content (AvgIpc) is 3.51. The Hall–Kier alpha value is -5.83. The minimum Gasteiger partial charge on any atom is -0.508 e. The summed E-state index contributed by atoms with van der Waals surface area (Å²) in [5.74, 6) is -4.82. The summed E-state index contributed by atoms with van der Waals surface area (Å²) in [6.45, 7) is 1.78. The van der Waals surface area contributed by atoms with Crippen LogP contribution in [0.15, 0.2) is 115 Å². The van der Waals surface area contributed by atoms with Crippen molar-refractivity contribution in [1.82, 2.24) is 0 Å². The molecule has 0 bridgehead atoms. The van der Waals surface area contributed by atoms with Crippen LogP contribution in [-0.4, -0.2) is 41.6 Å². The minimum atomic E-state index is -1.29. The van der Waals surface area contributed by atoms with Gasteiger partial charge in [-0.25, -0.2) is 4.90 Å². The van der Waals surface area contributed by atoms with Crippen molar-refractivity contribution in [3.8, 4) is 11.5 Å². The Balaban J connectivity index is 1.19. The molecule has 8 rings (SSSR count). The van der Waals surface area contributed by atoms with E-state index in [0.717, 1.165) is 5.57 Å². The number of ketones is 1. The number of nitrogens with zero attached hydrogens (tertiary/aromatic N) is 2. The number of anilines is 2. The monoisotopic (exact) mass is 666 g/mol. The third kappa shape index (κ3) is 4.49. The maximum Gasteiger partial charge on any atom is 0.241 e. The number of hydrogen-bond acceptors (Lipinski definition) is 7. The summed E-state index contributed by atoms with van der Waals surface area (Å²) in [5.41, 5.74) is 1.68. The Bertz CT molecular complexity index is 2110. The molecule has 6 unspecified atom stereocenters.